The van der Waals surface area contributed by atoms with Crippen molar-refractivity contribution in [2.75, 3.05) is 13.7 Å². The molecule has 4 nitrogen and oxygen atoms in total. The Hall–Kier alpha value is -1.55. The van der Waals surface area contributed by atoms with E-state index >= 15 is 0 Å². The molecule has 0 saturated carbocycles. The van der Waals surface area contributed by atoms with Crippen LogP contribution in [0.15, 0.2) is 18.2 Å². The number of carbonyl (C=O) groups is 1. The van der Waals surface area contributed by atoms with Crippen molar-refractivity contribution in [1.82, 2.24) is 5.32 Å². The standard InChI is InChI=1S/C14H20N2O2/c1-16-13-4-2-3-10-9-11(5-6-12(10)13)18-8-7-14(15)17/h5-6,9,13,16H,2-4,7-8H2,1H3,(H2,15,17). The number of primary amides is 1. The number of carbonyl (C=O) groups excluding carboxylic acids is 1. The van der Waals surface area contributed by atoms with Crippen LogP contribution in [0.25, 0.3) is 0 Å². The second-order valence-electron chi connectivity index (χ2n) is 4.66. The first-order valence-electron chi connectivity index (χ1n) is 6.42. The molecule has 0 spiro atoms. The van der Waals surface area contributed by atoms with Gasteiger partial charge in [-0.2, -0.15) is 0 Å². The lowest BCUT2D eigenvalue weighted by molar-refractivity contribution is -0.118. The molecule has 0 radical (unpaired) electrons. The summed E-state index contributed by atoms with van der Waals surface area (Å²) < 4.78 is 5.53. The number of aryl methyl sites for hydroxylation is 1. The van der Waals surface area contributed by atoms with Crippen molar-refractivity contribution < 1.29 is 9.53 Å². The van der Waals surface area contributed by atoms with Crippen molar-refractivity contribution in [3.8, 4) is 5.75 Å². The first kappa shape index (κ1) is 12.9. The second-order valence-corrected chi connectivity index (χ2v) is 4.66. The average molecular weight is 248 g/mol. The van der Waals surface area contributed by atoms with Crippen LogP contribution in [0.3, 0.4) is 0 Å². The molecule has 2 rings (SSSR count). The summed E-state index contributed by atoms with van der Waals surface area (Å²) >= 11 is 0. The van der Waals surface area contributed by atoms with Gasteiger partial charge in [-0.25, -0.2) is 0 Å². The summed E-state index contributed by atoms with van der Waals surface area (Å²) in [7, 11) is 2.00. The highest BCUT2D eigenvalue weighted by atomic mass is 16.5. The molecule has 1 aromatic carbocycles. The van der Waals surface area contributed by atoms with E-state index in [1.165, 1.54) is 24.0 Å². The summed E-state index contributed by atoms with van der Waals surface area (Å²) in [6, 6.07) is 6.62. The quantitative estimate of drug-likeness (QED) is 0.830. The molecule has 98 valence electrons. The zero-order valence-corrected chi connectivity index (χ0v) is 10.7. The topological polar surface area (TPSA) is 64.3 Å². The molecule has 4 heteroatoms. The number of nitrogens with two attached hydrogens (primary N) is 1. The van der Waals surface area contributed by atoms with Crippen LogP contribution < -0.4 is 15.8 Å². The van der Waals surface area contributed by atoms with Crippen LogP contribution in [0.1, 0.15) is 36.4 Å². The van der Waals surface area contributed by atoms with E-state index in [1.807, 2.05) is 13.1 Å². The van der Waals surface area contributed by atoms with Crippen molar-refractivity contribution in [1.29, 1.82) is 0 Å². The van der Waals surface area contributed by atoms with Crippen LogP contribution in [0.2, 0.25) is 0 Å². The average Bonchev–Trinajstić information content (AvgIpc) is 2.37. The Kier molecular flexibility index (Phi) is 4.20. The third-order valence-electron chi connectivity index (χ3n) is 3.39. The lowest BCUT2D eigenvalue weighted by atomic mass is 9.87. The zero-order chi connectivity index (χ0) is 13.0. The normalized spacial score (nSPS) is 18.2. The lowest BCUT2D eigenvalue weighted by Gasteiger charge is -2.25. The zero-order valence-electron chi connectivity index (χ0n) is 10.7. The fourth-order valence-corrected chi connectivity index (χ4v) is 2.45. The van der Waals surface area contributed by atoms with Crippen molar-refractivity contribution in [3.05, 3.63) is 29.3 Å². The molecule has 1 unspecified atom stereocenters. The molecule has 18 heavy (non-hydrogen) atoms. The minimum atomic E-state index is -0.330. The summed E-state index contributed by atoms with van der Waals surface area (Å²) in [5.41, 5.74) is 7.79. The maximum atomic E-state index is 10.6. The van der Waals surface area contributed by atoms with Crippen LogP contribution in [-0.2, 0) is 11.2 Å². The summed E-state index contributed by atoms with van der Waals surface area (Å²) in [6.07, 6.45) is 3.74. The van der Waals surface area contributed by atoms with Crippen LogP contribution in [0, 0.1) is 0 Å². The summed E-state index contributed by atoms with van der Waals surface area (Å²) in [5.74, 6) is 0.495. The van der Waals surface area contributed by atoms with E-state index in [2.05, 4.69) is 17.4 Å². The van der Waals surface area contributed by atoms with E-state index in [9.17, 15) is 4.79 Å². The van der Waals surface area contributed by atoms with Gasteiger partial charge in [0.15, 0.2) is 0 Å². The summed E-state index contributed by atoms with van der Waals surface area (Å²) in [5, 5.41) is 3.34. The molecular weight excluding hydrogens is 228 g/mol. The van der Waals surface area contributed by atoms with Gasteiger partial charge in [-0.15, -0.1) is 0 Å². The molecule has 1 aliphatic carbocycles. The molecule has 0 saturated heterocycles. The highest BCUT2D eigenvalue weighted by Crippen LogP contribution is 2.31. The van der Waals surface area contributed by atoms with Gasteiger partial charge >= 0.3 is 0 Å². The Balaban J connectivity index is 2.05. The van der Waals surface area contributed by atoms with E-state index in [-0.39, 0.29) is 12.3 Å². The Morgan fingerprint density at radius 3 is 3.11 bits per heavy atom. The smallest absolute Gasteiger partial charge is 0.220 e. The van der Waals surface area contributed by atoms with E-state index < -0.39 is 0 Å². The highest BCUT2D eigenvalue weighted by molar-refractivity contribution is 5.73. The van der Waals surface area contributed by atoms with Gasteiger partial charge in [0.25, 0.3) is 0 Å². The molecule has 0 aliphatic heterocycles. The van der Waals surface area contributed by atoms with Crippen molar-refractivity contribution in [2.45, 2.75) is 31.7 Å². The van der Waals surface area contributed by atoms with E-state index in [0.29, 0.717) is 12.6 Å². The maximum absolute atomic E-state index is 10.6. The Morgan fingerprint density at radius 1 is 1.56 bits per heavy atom. The molecule has 1 amide bonds. The molecule has 0 aromatic heterocycles. The number of hydrogen-bond acceptors (Lipinski definition) is 3. The fraction of sp³-hybridized carbons (Fsp3) is 0.500. The van der Waals surface area contributed by atoms with E-state index in [0.717, 1.165) is 12.2 Å². The first-order valence-corrected chi connectivity index (χ1v) is 6.42. The number of hydrogen-bond donors (Lipinski definition) is 2. The predicted octanol–water partition coefficient (Wildman–Crippen LogP) is 1.54. The number of fused-ring (bicyclic) bond motifs is 1. The Bertz CT molecular complexity index is 432. The molecule has 0 bridgehead atoms. The number of amides is 1. The number of rotatable bonds is 5. The summed E-state index contributed by atoms with van der Waals surface area (Å²) in [4.78, 5) is 10.6. The van der Waals surface area contributed by atoms with Crippen LogP contribution in [0.4, 0.5) is 0 Å². The Morgan fingerprint density at radius 2 is 2.39 bits per heavy atom. The third kappa shape index (κ3) is 3.01. The van der Waals surface area contributed by atoms with Crippen LogP contribution in [0.5, 0.6) is 5.75 Å². The Labute approximate surface area is 108 Å². The monoisotopic (exact) mass is 248 g/mol. The molecule has 3 N–H and O–H groups in total. The van der Waals surface area contributed by atoms with Crippen molar-refractivity contribution >= 4 is 5.91 Å². The van der Waals surface area contributed by atoms with E-state index in [4.69, 9.17) is 10.5 Å². The van der Waals surface area contributed by atoms with Gasteiger partial charge in [0, 0.05) is 6.04 Å². The van der Waals surface area contributed by atoms with E-state index in [1.54, 1.807) is 0 Å². The number of benzene rings is 1. The molecule has 0 fully saturated rings. The number of nitrogens with one attached hydrogen (secondary N) is 1. The largest absolute Gasteiger partial charge is 0.493 e. The van der Waals surface area contributed by atoms with Crippen molar-refractivity contribution in [3.63, 3.8) is 0 Å². The summed E-state index contributed by atoms with van der Waals surface area (Å²) in [6.45, 7) is 0.351. The number of ether oxygens (including phenoxy) is 1. The molecule has 1 aliphatic rings. The molecular formula is C14H20N2O2. The van der Waals surface area contributed by atoms with Crippen molar-refractivity contribution in [2.24, 2.45) is 5.73 Å². The van der Waals surface area contributed by atoms with Gasteiger partial charge in [-0.3, -0.25) is 4.79 Å². The fourth-order valence-electron chi connectivity index (χ4n) is 2.45. The predicted molar refractivity (Wildman–Crippen MR) is 70.5 cm³/mol. The third-order valence-corrected chi connectivity index (χ3v) is 3.39. The van der Waals surface area contributed by atoms with Crippen LogP contribution >= 0.6 is 0 Å². The highest BCUT2D eigenvalue weighted by Gasteiger charge is 2.18. The van der Waals surface area contributed by atoms with Gasteiger partial charge in [0.1, 0.15) is 5.75 Å². The lowest BCUT2D eigenvalue weighted by Crippen LogP contribution is -2.21. The SMILES string of the molecule is CNC1CCCc2cc(OCCC(N)=O)ccc21. The second kappa shape index (κ2) is 5.87. The molecule has 1 atom stereocenters. The minimum Gasteiger partial charge on any atom is -0.493 e. The van der Waals surface area contributed by atoms with Gasteiger partial charge in [-0.1, -0.05) is 6.07 Å². The van der Waals surface area contributed by atoms with Gasteiger partial charge in [-0.05, 0) is 49.6 Å². The van der Waals surface area contributed by atoms with Gasteiger partial charge < -0.3 is 15.8 Å². The molecule has 1 aromatic rings. The molecule has 0 heterocycles. The van der Waals surface area contributed by atoms with Crippen LogP contribution in [-0.4, -0.2) is 19.6 Å². The maximum Gasteiger partial charge on any atom is 0.220 e. The van der Waals surface area contributed by atoms with Gasteiger partial charge in [0.05, 0.1) is 13.0 Å². The first-order chi connectivity index (χ1) is 8.70. The minimum absolute atomic E-state index is 0.260. The van der Waals surface area contributed by atoms with Gasteiger partial charge in [0.2, 0.25) is 5.91 Å².